The summed E-state index contributed by atoms with van der Waals surface area (Å²) in [6.07, 6.45) is 4.91. The van der Waals surface area contributed by atoms with Crippen LogP contribution in [0.1, 0.15) is 25.8 Å². The molecule has 3 rings (SSSR count). The lowest BCUT2D eigenvalue weighted by molar-refractivity contribution is 0.415. The summed E-state index contributed by atoms with van der Waals surface area (Å²) < 4.78 is 5.26. The third-order valence-corrected chi connectivity index (χ3v) is 4.28. The molecule has 0 fully saturated rings. The number of nitrogens with zero attached hydrogens (tertiary/aromatic N) is 1. The van der Waals surface area contributed by atoms with Crippen molar-refractivity contribution in [2.24, 2.45) is 0 Å². The van der Waals surface area contributed by atoms with E-state index in [0.29, 0.717) is 5.57 Å². The Bertz CT molecular complexity index is 750. The van der Waals surface area contributed by atoms with E-state index in [4.69, 9.17) is 4.74 Å². The van der Waals surface area contributed by atoms with Crippen LogP contribution in [0.15, 0.2) is 41.5 Å². The molecule has 0 unspecified atom stereocenters. The van der Waals surface area contributed by atoms with Gasteiger partial charge in [0.15, 0.2) is 0 Å². The van der Waals surface area contributed by atoms with Crippen LogP contribution < -0.4 is 4.74 Å². The van der Waals surface area contributed by atoms with Gasteiger partial charge in [-0.3, -0.25) is 0 Å². The molecule has 0 spiro atoms. The first-order chi connectivity index (χ1) is 10.8. The molecule has 0 atom stereocenters. The van der Waals surface area contributed by atoms with E-state index in [2.05, 4.69) is 16.5 Å². The van der Waals surface area contributed by atoms with Gasteiger partial charge in [-0.15, -0.1) is 11.8 Å². The van der Waals surface area contributed by atoms with Gasteiger partial charge in [-0.1, -0.05) is 13.8 Å². The number of aromatic amines is 1. The molecule has 0 radical (unpaired) electrons. The molecule has 2 aromatic rings. The Kier molecular flexibility index (Phi) is 5.74. The van der Waals surface area contributed by atoms with Crippen LogP contribution in [0.4, 0.5) is 0 Å². The SMILES string of the molecule is CC.COc1ccc2[nH]cc(/C(C#N)=C/C3=CSCC3)c2c1. The van der Waals surface area contributed by atoms with E-state index in [1.165, 1.54) is 5.57 Å². The fraction of sp³-hybridized carbons (Fsp3) is 0.278. The Morgan fingerprint density at radius 3 is 2.86 bits per heavy atom. The number of ether oxygens (including phenoxy) is 1. The molecule has 0 saturated heterocycles. The van der Waals surface area contributed by atoms with E-state index in [1.54, 1.807) is 18.9 Å². The first-order valence-electron chi connectivity index (χ1n) is 7.40. The molecule has 1 aliphatic heterocycles. The maximum absolute atomic E-state index is 9.45. The van der Waals surface area contributed by atoms with Crippen molar-refractivity contribution in [3.05, 3.63) is 47.0 Å². The van der Waals surface area contributed by atoms with Crippen LogP contribution in [0.25, 0.3) is 16.5 Å². The van der Waals surface area contributed by atoms with Crippen LogP contribution in [0.5, 0.6) is 5.75 Å². The summed E-state index contributed by atoms with van der Waals surface area (Å²) in [5, 5.41) is 12.6. The maximum Gasteiger partial charge on any atom is 0.119 e. The molecule has 22 heavy (non-hydrogen) atoms. The van der Waals surface area contributed by atoms with Gasteiger partial charge in [0.25, 0.3) is 0 Å². The van der Waals surface area contributed by atoms with Gasteiger partial charge in [0.1, 0.15) is 5.75 Å². The molecule has 1 aromatic carbocycles. The second kappa shape index (κ2) is 7.77. The van der Waals surface area contributed by atoms with Crippen molar-refractivity contribution in [3.8, 4) is 11.8 Å². The minimum Gasteiger partial charge on any atom is -0.497 e. The summed E-state index contributed by atoms with van der Waals surface area (Å²) in [7, 11) is 1.65. The van der Waals surface area contributed by atoms with Crippen LogP contribution in [0, 0.1) is 11.3 Å². The van der Waals surface area contributed by atoms with E-state index in [1.807, 2.05) is 44.3 Å². The van der Waals surface area contributed by atoms with Crippen LogP contribution >= 0.6 is 11.8 Å². The largest absolute Gasteiger partial charge is 0.497 e. The van der Waals surface area contributed by atoms with E-state index in [0.717, 1.165) is 34.4 Å². The zero-order chi connectivity index (χ0) is 15.9. The number of allylic oxidation sites excluding steroid dienone is 3. The number of nitriles is 1. The maximum atomic E-state index is 9.45. The number of hydrogen-bond donors (Lipinski definition) is 1. The van der Waals surface area contributed by atoms with Crippen LogP contribution in [-0.2, 0) is 0 Å². The van der Waals surface area contributed by atoms with Gasteiger partial charge < -0.3 is 9.72 Å². The van der Waals surface area contributed by atoms with Gasteiger partial charge in [-0.2, -0.15) is 5.26 Å². The molecule has 0 saturated carbocycles. The number of benzene rings is 1. The Hall–Kier alpha value is -2.12. The molecule has 114 valence electrons. The smallest absolute Gasteiger partial charge is 0.119 e. The van der Waals surface area contributed by atoms with E-state index in [9.17, 15) is 5.26 Å². The highest BCUT2D eigenvalue weighted by Gasteiger charge is 2.11. The number of rotatable bonds is 3. The first-order valence-corrected chi connectivity index (χ1v) is 8.44. The number of methoxy groups -OCH3 is 1. The van der Waals surface area contributed by atoms with Crippen LogP contribution in [-0.4, -0.2) is 17.8 Å². The second-order valence-corrected chi connectivity index (χ2v) is 5.57. The number of aromatic nitrogens is 1. The Morgan fingerprint density at radius 2 is 2.23 bits per heavy atom. The summed E-state index contributed by atoms with van der Waals surface area (Å²) in [6.45, 7) is 4.00. The summed E-state index contributed by atoms with van der Waals surface area (Å²) >= 11 is 1.80. The van der Waals surface area contributed by atoms with Crippen molar-refractivity contribution < 1.29 is 4.74 Å². The van der Waals surface area contributed by atoms with E-state index >= 15 is 0 Å². The molecular formula is C18H20N2OS. The van der Waals surface area contributed by atoms with Crippen molar-refractivity contribution in [3.63, 3.8) is 0 Å². The van der Waals surface area contributed by atoms with Gasteiger partial charge in [0.05, 0.1) is 18.8 Å². The topological polar surface area (TPSA) is 48.8 Å². The van der Waals surface area contributed by atoms with Crippen molar-refractivity contribution in [2.45, 2.75) is 20.3 Å². The summed E-state index contributed by atoms with van der Waals surface area (Å²) in [4.78, 5) is 3.21. The fourth-order valence-electron chi connectivity index (χ4n) is 2.31. The van der Waals surface area contributed by atoms with Crippen LogP contribution in [0.3, 0.4) is 0 Å². The zero-order valence-electron chi connectivity index (χ0n) is 13.1. The molecule has 4 heteroatoms. The molecule has 2 heterocycles. The summed E-state index contributed by atoms with van der Waals surface area (Å²) in [5.41, 5.74) is 3.86. The average molecular weight is 312 g/mol. The Balaban J connectivity index is 0.000000847. The molecule has 0 aliphatic carbocycles. The van der Waals surface area contributed by atoms with Crippen molar-refractivity contribution in [2.75, 3.05) is 12.9 Å². The highest BCUT2D eigenvalue weighted by Crippen LogP contribution is 2.31. The van der Waals surface area contributed by atoms with Crippen molar-refractivity contribution >= 4 is 28.2 Å². The second-order valence-electron chi connectivity index (χ2n) is 4.60. The molecule has 3 nitrogen and oxygen atoms in total. The Morgan fingerprint density at radius 1 is 1.41 bits per heavy atom. The third-order valence-electron chi connectivity index (χ3n) is 3.37. The van der Waals surface area contributed by atoms with Gasteiger partial charge in [-0.05, 0) is 41.7 Å². The lowest BCUT2D eigenvalue weighted by Crippen LogP contribution is -1.84. The van der Waals surface area contributed by atoms with Gasteiger partial charge >= 0.3 is 0 Å². The number of fused-ring (bicyclic) bond motifs is 1. The van der Waals surface area contributed by atoms with Gasteiger partial charge in [-0.25, -0.2) is 0 Å². The molecular weight excluding hydrogens is 292 g/mol. The highest BCUT2D eigenvalue weighted by molar-refractivity contribution is 8.02. The number of hydrogen-bond acceptors (Lipinski definition) is 3. The van der Waals surface area contributed by atoms with E-state index < -0.39 is 0 Å². The number of H-pyrrole nitrogens is 1. The molecule has 1 aromatic heterocycles. The quantitative estimate of drug-likeness (QED) is 0.799. The summed E-state index contributed by atoms with van der Waals surface area (Å²) in [6, 6.07) is 8.15. The minimum absolute atomic E-state index is 0.693. The Labute approximate surface area is 135 Å². The highest BCUT2D eigenvalue weighted by atomic mass is 32.2. The lowest BCUT2D eigenvalue weighted by atomic mass is 10.0. The van der Waals surface area contributed by atoms with Gasteiger partial charge in [0.2, 0.25) is 0 Å². The monoisotopic (exact) mass is 312 g/mol. The zero-order valence-corrected chi connectivity index (χ0v) is 14.0. The molecule has 1 N–H and O–H groups in total. The normalized spacial score (nSPS) is 14.1. The summed E-state index contributed by atoms with van der Waals surface area (Å²) in [5.74, 6) is 1.90. The van der Waals surface area contributed by atoms with E-state index in [-0.39, 0.29) is 0 Å². The fourth-order valence-corrected chi connectivity index (χ4v) is 3.18. The molecule has 0 amide bonds. The van der Waals surface area contributed by atoms with Crippen LogP contribution in [0.2, 0.25) is 0 Å². The molecule has 0 bridgehead atoms. The van der Waals surface area contributed by atoms with Crippen molar-refractivity contribution in [1.82, 2.24) is 4.98 Å². The predicted molar refractivity (Wildman–Crippen MR) is 94.9 cm³/mol. The number of thioether (sulfide) groups is 1. The third kappa shape index (κ3) is 3.37. The first kappa shape index (κ1) is 16.3. The average Bonchev–Trinajstić information content (AvgIpc) is 3.23. The molecule has 1 aliphatic rings. The van der Waals surface area contributed by atoms with Gasteiger partial charge in [0, 0.05) is 28.4 Å². The predicted octanol–water partition coefficient (Wildman–Crippen LogP) is 5.13. The lowest BCUT2D eigenvalue weighted by Gasteiger charge is -2.01. The standard InChI is InChI=1S/C16H14N2OS.C2H6/c1-19-13-2-3-16-14(7-13)15(9-18-16)12(8-17)6-11-4-5-20-10-11;1-2/h2-3,6-7,9-10,18H,4-5H2,1H3;1-2H3/b12-6+;. The number of nitrogens with one attached hydrogen (secondary N) is 1. The minimum atomic E-state index is 0.693. The van der Waals surface area contributed by atoms with Crippen molar-refractivity contribution in [1.29, 1.82) is 5.26 Å².